The Balaban J connectivity index is 1.91. The van der Waals surface area contributed by atoms with Gasteiger partial charge >= 0.3 is 0 Å². The molecule has 3 heteroatoms. The smallest absolute Gasteiger partial charge is 0.102 e. The van der Waals surface area contributed by atoms with E-state index in [0.29, 0.717) is 18.6 Å². The summed E-state index contributed by atoms with van der Waals surface area (Å²) < 4.78 is 12.4. The third kappa shape index (κ3) is 2.26. The monoisotopic (exact) mass is 200 g/mol. The summed E-state index contributed by atoms with van der Waals surface area (Å²) in [5.74, 6) is 0. The molecule has 2 nitrogen and oxygen atoms in total. The molecule has 0 radical (unpaired) electrons. The van der Waals surface area contributed by atoms with Crippen molar-refractivity contribution < 1.29 is 4.39 Å². The maximum Gasteiger partial charge on any atom is 0.102 e. The fourth-order valence-electron chi connectivity index (χ4n) is 2.90. The second-order valence-corrected chi connectivity index (χ2v) is 4.49. The summed E-state index contributed by atoms with van der Waals surface area (Å²) in [6, 6.07) is 1.25. The SMILES string of the molecule is FCCN1CCCCC1C1CCCN1. The highest BCUT2D eigenvalue weighted by Crippen LogP contribution is 2.23. The van der Waals surface area contributed by atoms with Crippen LogP contribution >= 0.6 is 0 Å². The van der Waals surface area contributed by atoms with Gasteiger partial charge in [0.1, 0.15) is 6.67 Å². The van der Waals surface area contributed by atoms with Crippen molar-refractivity contribution in [2.75, 3.05) is 26.3 Å². The predicted octanol–water partition coefficient (Wildman–Crippen LogP) is 1.56. The Morgan fingerprint density at radius 3 is 2.86 bits per heavy atom. The zero-order valence-electron chi connectivity index (χ0n) is 8.84. The van der Waals surface area contributed by atoms with Crippen molar-refractivity contribution in [2.24, 2.45) is 0 Å². The highest BCUT2D eigenvalue weighted by atomic mass is 19.1. The Bertz CT molecular complexity index is 167. The molecule has 2 atom stereocenters. The van der Waals surface area contributed by atoms with E-state index >= 15 is 0 Å². The molecule has 2 aliphatic heterocycles. The largest absolute Gasteiger partial charge is 0.312 e. The Morgan fingerprint density at radius 2 is 2.14 bits per heavy atom. The molecule has 0 aromatic rings. The van der Waals surface area contributed by atoms with Crippen molar-refractivity contribution in [3.05, 3.63) is 0 Å². The number of rotatable bonds is 3. The lowest BCUT2D eigenvalue weighted by atomic mass is 9.94. The van der Waals surface area contributed by atoms with Gasteiger partial charge in [-0.25, -0.2) is 4.39 Å². The van der Waals surface area contributed by atoms with Gasteiger partial charge in [0.05, 0.1) is 0 Å². The molecule has 0 aromatic carbocycles. The Hall–Kier alpha value is -0.150. The average Bonchev–Trinajstić information content (AvgIpc) is 2.72. The molecule has 2 heterocycles. The van der Waals surface area contributed by atoms with E-state index in [1.165, 1.54) is 32.1 Å². The maximum absolute atomic E-state index is 12.4. The van der Waals surface area contributed by atoms with Gasteiger partial charge in [-0.15, -0.1) is 0 Å². The van der Waals surface area contributed by atoms with E-state index in [1.807, 2.05) is 0 Å². The van der Waals surface area contributed by atoms with Crippen LogP contribution in [0, 0.1) is 0 Å². The standard InChI is InChI=1S/C11H21FN2/c12-6-9-14-8-2-1-5-11(14)10-4-3-7-13-10/h10-11,13H,1-9H2. The molecule has 0 aromatic heterocycles. The summed E-state index contributed by atoms with van der Waals surface area (Å²) in [6.07, 6.45) is 6.42. The second kappa shape index (κ2) is 5.08. The molecular formula is C11H21FN2. The highest BCUT2D eigenvalue weighted by molar-refractivity contribution is 4.90. The van der Waals surface area contributed by atoms with E-state index in [1.54, 1.807) is 0 Å². The first-order valence-electron chi connectivity index (χ1n) is 5.95. The Labute approximate surface area is 85.9 Å². The van der Waals surface area contributed by atoms with Crippen molar-refractivity contribution in [1.82, 2.24) is 10.2 Å². The molecule has 0 saturated carbocycles. The third-order valence-electron chi connectivity index (χ3n) is 3.60. The molecule has 1 N–H and O–H groups in total. The fraction of sp³-hybridized carbons (Fsp3) is 1.00. The van der Waals surface area contributed by atoms with Crippen molar-refractivity contribution in [2.45, 2.75) is 44.2 Å². The van der Waals surface area contributed by atoms with Crippen molar-refractivity contribution in [3.63, 3.8) is 0 Å². The van der Waals surface area contributed by atoms with Gasteiger partial charge in [0.2, 0.25) is 0 Å². The van der Waals surface area contributed by atoms with Crippen LogP contribution in [0.3, 0.4) is 0 Å². The number of alkyl halides is 1. The minimum atomic E-state index is -0.191. The van der Waals surface area contributed by atoms with E-state index in [4.69, 9.17) is 0 Å². The number of likely N-dealkylation sites (tertiary alicyclic amines) is 1. The first kappa shape index (κ1) is 10.4. The summed E-state index contributed by atoms with van der Waals surface area (Å²) >= 11 is 0. The number of hydrogen-bond donors (Lipinski definition) is 1. The van der Waals surface area contributed by atoms with E-state index in [0.717, 1.165) is 13.1 Å². The highest BCUT2D eigenvalue weighted by Gasteiger charge is 2.30. The van der Waals surface area contributed by atoms with Gasteiger partial charge in [0.25, 0.3) is 0 Å². The van der Waals surface area contributed by atoms with Gasteiger partial charge in [-0.1, -0.05) is 6.42 Å². The van der Waals surface area contributed by atoms with Gasteiger partial charge in [-0.3, -0.25) is 4.90 Å². The van der Waals surface area contributed by atoms with Crippen molar-refractivity contribution >= 4 is 0 Å². The summed E-state index contributed by atoms with van der Waals surface area (Å²) in [5.41, 5.74) is 0. The minimum absolute atomic E-state index is 0.191. The van der Waals surface area contributed by atoms with Gasteiger partial charge in [0.15, 0.2) is 0 Å². The predicted molar refractivity (Wildman–Crippen MR) is 56.2 cm³/mol. The number of halogens is 1. The molecule has 2 saturated heterocycles. The number of nitrogens with one attached hydrogen (secondary N) is 1. The molecule has 82 valence electrons. The lowest BCUT2D eigenvalue weighted by molar-refractivity contribution is 0.112. The molecule has 0 amide bonds. The molecule has 2 rings (SSSR count). The van der Waals surface area contributed by atoms with Crippen LogP contribution in [0.25, 0.3) is 0 Å². The lowest BCUT2D eigenvalue weighted by Crippen LogP contribution is -2.50. The normalized spacial score (nSPS) is 34.9. The summed E-state index contributed by atoms with van der Waals surface area (Å²) in [5, 5.41) is 3.55. The molecule has 14 heavy (non-hydrogen) atoms. The summed E-state index contributed by atoms with van der Waals surface area (Å²) in [7, 11) is 0. The molecule has 2 fully saturated rings. The zero-order valence-corrected chi connectivity index (χ0v) is 8.84. The summed E-state index contributed by atoms with van der Waals surface area (Å²) in [4.78, 5) is 2.35. The van der Waals surface area contributed by atoms with Crippen LogP contribution in [-0.4, -0.2) is 43.3 Å². The molecular weight excluding hydrogens is 179 g/mol. The van der Waals surface area contributed by atoms with Crippen molar-refractivity contribution in [1.29, 1.82) is 0 Å². The van der Waals surface area contributed by atoms with Crippen LogP contribution in [0.4, 0.5) is 4.39 Å². The zero-order chi connectivity index (χ0) is 9.80. The van der Waals surface area contributed by atoms with Gasteiger partial charge in [-0.2, -0.15) is 0 Å². The molecule has 2 unspecified atom stereocenters. The van der Waals surface area contributed by atoms with Crippen LogP contribution in [0.2, 0.25) is 0 Å². The first-order valence-corrected chi connectivity index (χ1v) is 5.95. The van der Waals surface area contributed by atoms with Gasteiger partial charge in [0, 0.05) is 18.6 Å². The maximum atomic E-state index is 12.4. The topological polar surface area (TPSA) is 15.3 Å². The third-order valence-corrected chi connectivity index (χ3v) is 3.60. The van der Waals surface area contributed by atoms with Crippen LogP contribution in [-0.2, 0) is 0 Å². The lowest BCUT2D eigenvalue weighted by Gasteiger charge is -2.38. The molecule has 0 spiro atoms. The van der Waals surface area contributed by atoms with E-state index in [9.17, 15) is 4.39 Å². The molecule has 0 aliphatic carbocycles. The number of piperidine rings is 1. The molecule has 0 bridgehead atoms. The minimum Gasteiger partial charge on any atom is -0.312 e. The quantitative estimate of drug-likeness (QED) is 0.744. The van der Waals surface area contributed by atoms with E-state index < -0.39 is 0 Å². The van der Waals surface area contributed by atoms with Crippen LogP contribution in [0.5, 0.6) is 0 Å². The van der Waals surface area contributed by atoms with Gasteiger partial charge < -0.3 is 5.32 Å². The summed E-state index contributed by atoms with van der Waals surface area (Å²) in [6.45, 7) is 2.71. The first-order chi connectivity index (χ1) is 6.92. The number of nitrogens with zero attached hydrogens (tertiary/aromatic N) is 1. The molecule has 2 aliphatic rings. The van der Waals surface area contributed by atoms with Crippen LogP contribution in [0.15, 0.2) is 0 Å². The van der Waals surface area contributed by atoms with Crippen molar-refractivity contribution in [3.8, 4) is 0 Å². The number of hydrogen-bond acceptors (Lipinski definition) is 2. The van der Waals surface area contributed by atoms with Crippen LogP contribution in [0.1, 0.15) is 32.1 Å². The Morgan fingerprint density at radius 1 is 1.21 bits per heavy atom. The fourth-order valence-corrected chi connectivity index (χ4v) is 2.90. The Kier molecular flexibility index (Phi) is 3.76. The average molecular weight is 200 g/mol. The van der Waals surface area contributed by atoms with E-state index in [2.05, 4.69) is 10.2 Å². The van der Waals surface area contributed by atoms with E-state index in [-0.39, 0.29) is 6.67 Å². The van der Waals surface area contributed by atoms with Gasteiger partial charge in [-0.05, 0) is 38.8 Å². The van der Waals surface area contributed by atoms with Crippen LogP contribution < -0.4 is 5.32 Å². The second-order valence-electron chi connectivity index (χ2n) is 4.49.